The van der Waals surface area contributed by atoms with Gasteiger partial charge in [0.25, 0.3) is 0 Å². The Bertz CT molecular complexity index is 1230. The molecule has 0 aliphatic carbocycles. The van der Waals surface area contributed by atoms with Gasteiger partial charge in [-0.25, -0.2) is 9.78 Å². The molecule has 4 N–H and O–H groups in total. The SMILES string of the molecule is CC[C@@H](NC(=O)N1C(O)[C@H](Cc2ccnc(N)c2)[C@H]1C(=O)N(C)c1cnn(C)c1)c1ccc(C)nc1. The highest BCUT2D eigenvalue weighted by Gasteiger charge is 2.55. The number of nitrogen functional groups attached to an aromatic ring is 1. The molecule has 0 spiro atoms. The van der Waals surface area contributed by atoms with Gasteiger partial charge < -0.3 is 21.1 Å². The molecule has 1 aliphatic heterocycles. The number of likely N-dealkylation sites (N-methyl/N-ethyl adjacent to an activating group) is 1. The maximum atomic E-state index is 13.6. The maximum absolute atomic E-state index is 13.6. The van der Waals surface area contributed by atoms with Crippen LogP contribution in [0.2, 0.25) is 0 Å². The van der Waals surface area contributed by atoms with Crippen molar-refractivity contribution < 1.29 is 14.7 Å². The Morgan fingerprint density at radius 2 is 2.03 bits per heavy atom. The van der Waals surface area contributed by atoms with Crippen molar-refractivity contribution in [2.45, 2.75) is 45.0 Å². The van der Waals surface area contributed by atoms with E-state index in [0.29, 0.717) is 24.3 Å². The molecule has 1 aliphatic rings. The van der Waals surface area contributed by atoms with Crippen molar-refractivity contribution >= 4 is 23.4 Å². The minimum absolute atomic E-state index is 0.316. The van der Waals surface area contributed by atoms with E-state index < -0.39 is 24.2 Å². The Kier molecular flexibility index (Phi) is 7.20. The third-order valence-electron chi connectivity index (χ3n) is 6.63. The van der Waals surface area contributed by atoms with E-state index >= 15 is 0 Å². The van der Waals surface area contributed by atoms with Gasteiger partial charge in [-0.3, -0.25) is 19.4 Å². The zero-order chi connectivity index (χ0) is 26.0. The molecule has 3 aromatic rings. The summed E-state index contributed by atoms with van der Waals surface area (Å²) in [6, 6.07) is 5.58. The summed E-state index contributed by atoms with van der Waals surface area (Å²) >= 11 is 0. The predicted octanol–water partition coefficient (Wildman–Crippen LogP) is 1.79. The summed E-state index contributed by atoms with van der Waals surface area (Å²) in [5, 5.41) is 18.2. The van der Waals surface area contributed by atoms with Gasteiger partial charge in [0.2, 0.25) is 5.91 Å². The Labute approximate surface area is 209 Å². The lowest BCUT2D eigenvalue weighted by atomic mass is 9.80. The highest BCUT2D eigenvalue weighted by molar-refractivity contribution is 6.00. The van der Waals surface area contributed by atoms with Crippen LogP contribution in [0.1, 0.15) is 36.2 Å². The van der Waals surface area contributed by atoms with Crippen LogP contribution >= 0.6 is 0 Å². The summed E-state index contributed by atoms with van der Waals surface area (Å²) in [7, 11) is 3.39. The lowest BCUT2D eigenvalue weighted by Crippen LogP contribution is -2.72. The molecule has 11 heteroatoms. The number of aliphatic hydroxyl groups excluding tert-OH is 1. The van der Waals surface area contributed by atoms with Crippen LogP contribution in [0, 0.1) is 12.8 Å². The number of amides is 3. The van der Waals surface area contributed by atoms with Gasteiger partial charge in [0.1, 0.15) is 18.1 Å². The normalized spacial score (nSPS) is 19.9. The maximum Gasteiger partial charge on any atom is 0.320 e. The van der Waals surface area contributed by atoms with Crippen LogP contribution in [-0.4, -0.2) is 61.0 Å². The highest BCUT2D eigenvalue weighted by atomic mass is 16.3. The number of likely N-dealkylation sites (tertiary alicyclic amines) is 1. The van der Waals surface area contributed by atoms with E-state index in [9.17, 15) is 14.7 Å². The summed E-state index contributed by atoms with van der Waals surface area (Å²) in [6.45, 7) is 3.85. The van der Waals surface area contributed by atoms with Gasteiger partial charge in [-0.2, -0.15) is 5.10 Å². The molecule has 0 saturated carbocycles. The predicted molar refractivity (Wildman–Crippen MR) is 135 cm³/mol. The van der Waals surface area contributed by atoms with Crippen LogP contribution in [0.3, 0.4) is 0 Å². The molecule has 0 bridgehead atoms. The van der Waals surface area contributed by atoms with E-state index in [1.165, 1.54) is 9.80 Å². The fraction of sp³-hybridized carbons (Fsp3) is 0.400. The van der Waals surface area contributed by atoms with Crippen molar-refractivity contribution in [3.05, 3.63) is 65.9 Å². The number of aryl methyl sites for hydroxylation is 2. The summed E-state index contributed by atoms with van der Waals surface area (Å²) in [6.07, 6.45) is 6.43. The van der Waals surface area contributed by atoms with Crippen molar-refractivity contribution in [1.29, 1.82) is 0 Å². The molecular weight excluding hydrogens is 460 g/mol. The number of carbonyl (C=O) groups excluding carboxylic acids is 2. The number of anilines is 2. The fourth-order valence-corrected chi connectivity index (χ4v) is 4.54. The first-order valence-electron chi connectivity index (χ1n) is 11.9. The van der Waals surface area contributed by atoms with Crippen molar-refractivity contribution in [2.24, 2.45) is 13.0 Å². The lowest BCUT2D eigenvalue weighted by molar-refractivity contribution is -0.164. The second-order valence-corrected chi connectivity index (χ2v) is 9.14. The third kappa shape index (κ3) is 5.01. The van der Waals surface area contributed by atoms with Gasteiger partial charge in [-0.15, -0.1) is 0 Å². The zero-order valence-electron chi connectivity index (χ0n) is 20.9. The summed E-state index contributed by atoms with van der Waals surface area (Å²) < 4.78 is 1.60. The molecule has 1 saturated heterocycles. The smallest absolute Gasteiger partial charge is 0.320 e. The molecule has 36 heavy (non-hydrogen) atoms. The number of carbonyl (C=O) groups is 2. The Balaban J connectivity index is 1.58. The second-order valence-electron chi connectivity index (χ2n) is 9.14. The first-order valence-corrected chi connectivity index (χ1v) is 11.9. The number of nitrogens with one attached hydrogen (secondary N) is 1. The number of nitrogens with two attached hydrogens (primary N) is 1. The molecule has 4 rings (SSSR count). The molecule has 1 fully saturated rings. The highest BCUT2D eigenvalue weighted by Crippen LogP contribution is 2.36. The Morgan fingerprint density at radius 1 is 1.25 bits per heavy atom. The van der Waals surface area contributed by atoms with Crippen LogP contribution in [0.4, 0.5) is 16.3 Å². The number of nitrogens with zero attached hydrogens (tertiary/aromatic N) is 6. The topological polar surface area (TPSA) is 142 Å². The monoisotopic (exact) mass is 492 g/mol. The quantitative estimate of drug-likeness (QED) is 0.456. The minimum Gasteiger partial charge on any atom is -0.384 e. The van der Waals surface area contributed by atoms with Crippen molar-refractivity contribution in [1.82, 2.24) is 30.0 Å². The first-order chi connectivity index (χ1) is 17.2. The van der Waals surface area contributed by atoms with Crippen molar-refractivity contribution in [3.63, 3.8) is 0 Å². The average Bonchev–Trinajstić information content (AvgIpc) is 3.30. The zero-order valence-corrected chi connectivity index (χ0v) is 20.9. The van der Waals surface area contributed by atoms with Crippen LogP contribution in [0.5, 0.6) is 0 Å². The molecule has 1 unspecified atom stereocenters. The third-order valence-corrected chi connectivity index (χ3v) is 6.63. The van der Waals surface area contributed by atoms with Crippen LogP contribution in [0.15, 0.2) is 49.1 Å². The van der Waals surface area contributed by atoms with Crippen LogP contribution in [-0.2, 0) is 18.3 Å². The lowest BCUT2D eigenvalue weighted by Gasteiger charge is -2.52. The van der Waals surface area contributed by atoms with Gasteiger partial charge >= 0.3 is 6.03 Å². The molecule has 11 nitrogen and oxygen atoms in total. The summed E-state index contributed by atoms with van der Waals surface area (Å²) in [4.78, 5) is 38.0. The van der Waals surface area contributed by atoms with Crippen LogP contribution < -0.4 is 16.0 Å². The van der Waals surface area contributed by atoms with E-state index in [4.69, 9.17) is 5.73 Å². The number of pyridine rings is 2. The molecular formula is C25H32N8O3. The van der Waals surface area contributed by atoms with E-state index in [-0.39, 0.29) is 11.9 Å². The fourth-order valence-electron chi connectivity index (χ4n) is 4.54. The molecule has 4 heterocycles. The van der Waals surface area contributed by atoms with Gasteiger partial charge in [-0.1, -0.05) is 13.0 Å². The van der Waals surface area contributed by atoms with E-state index in [0.717, 1.165) is 16.8 Å². The molecule has 3 amide bonds. The number of aliphatic hydroxyl groups is 1. The molecule has 0 aromatic carbocycles. The molecule has 0 radical (unpaired) electrons. The van der Waals surface area contributed by atoms with E-state index in [2.05, 4.69) is 20.4 Å². The Hall–Kier alpha value is -3.99. The van der Waals surface area contributed by atoms with Crippen LogP contribution in [0.25, 0.3) is 0 Å². The van der Waals surface area contributed by atoms with E-state index in [1.54, 1.807) is 55.7 Å². The molecule has 3 aromatic heterocycles. The standard InChI is InChI=1S/C25H32N8O3/c1-5-20(17-7-6-15(2)28-12-17)30-25(36)33-22(24(35)32(4)18-13-29-31(3)14-18)19(23(33)34)10-16-8-9-27-21(26)11-16/h6-9,11-14,19-20,22-23,34H,5,10H2,1-4H3,(H2,26,27)(H,30,36)/t19-,20-,22+,23?/m1/s1. The van der Waals surface area contributed by atoms with Gasteiger partial charge in [0.15, 0.2) is 0 Å². The van der Waals surface area contributed by atoms with E-state index in [1.807, 2.05) is 26.0 Å². The number of rotatable bonds is 7. The molecule has 190 valence electrons. The Morgan fingerprint density at radius 3 is 2.64 bits per heavy atom. The van der Waals surface area contributed by atoms with Gasteiger partial charge in [0.05, 0.1) is 17.9 Å². The number of hydrogen-bond donors (Lipinski definition) is 3. The summed E-state index contributed by atoms with van der Waals surface area (Å²) in [5.74, 6) is -0.491. The second kappa shape index (κ2) is 10.3. The van der Waals surface area contributed by atoms with Gasteiger partial charge in [0, 0.05) is 44.3 Å². The number of aromatic nitrogens is 4. The first kappa shape index (κ1) is 25.1. The summed E-state index contributed by atoms with van der Waals surface area (Å²) in [5.41, 5.74) is 8.97. The largest absolute Gasteiger partial charge is 0.384 e. The average molecular weight is 493 g/mol. The van der Waals surface area contributed by atoms with Crippen molar-refractivity contribution in [3.8, 4) is 0 Å². The minimum atomic E-state index is -1.15. The van der Waals surface area contributed by atoms with Crippen molar-refractivity contribution in [2.75, 3.05) is 17.7 Å². The molecule has 4 atom stereocenters. The number of urea groups is 1. The number of hydrogen-bond acceptors (Lipinski definition) is 7. The van der Waals surface area contributed by atoms with Gasteiger partial charge in [-0.05, 0) is 49.1 Å².